The zero-order valence-corrected chi connectivity index (χ0v) is 15.5. The number of quaternary nitrogens is 2. The lowest BCUT2D eigenvalue weighted by atomic mass is 10.2. The number of benzene rings is 2. The second-order valence-corrected chi connectivity index (χ2v) is 6.97. The second-order valence-electron chi connectivity index (χ2n) is 6.97. The molecule has 1 aliphatic heterocycles. The van der Waals surface area contributed by atoms with E-state index in [4.69, 9.17) is 0 Å². The average Bonchev–Trinajstić information content (AvgIpc) is 2.71. The molecule has 3 rings (SSSR count). The molecule has 0 spiro atoms. The number of anilines is 1. The van der Waals surface area contributed by atoms with Crippen LogP contribution in [0.15, 0.2) is 48.5 Å². The van der Waals surface area contributed by atoms with Gasteiger partial charge in [0, 0.05) is 0 Å². The summed E-state index contributed by atoms with van der Waals surface area (Å²) >= 11 is 0. The van der Waals surface area contributed by atoms with E-state index in [-0.39, 0.29) is 12.2 Å². The Hall–Kier alpha value is -2.64. The molecule has 0 saturated carbocycles. The van der Waals surface area contributed by atoms with Crippen molar-refractivity contribution in [1.82, 2.24) is 0 Å². The van der Waals surface area contributed by atoms with E-state index in [0.29, 0.717) is 0 Å². The van der Waals surface area contributed by atoms with Crippen molar-refractivity contribution in [3.8, 4) is 0 Å². The van der Waals surface area contributed by atoms with Crippen LogP contribution in [0.1, 0.15) is 5.56 Å². The van der Waals surface area contributed by atoms with Crippen LogP contribution in [-0.2, 0) is 4.79 Å². The quantitative estimate of drug-likeness (QED) is 0.618. The Balaban J connectivity index is 1.42. The van der Waals surface area contributed by atoms with Crippen molar-refractivity contribution >= 4 is 17.7 Å². The van der Waals surface area contributed by atoms with E-state index in [1.807, 2.05) is 18.2 Å². The van der Waals surface area contributed by atoms with Crippen LogP contribution < -0.4 is 15.1 Å². The summed E-state index contributed by atoms with van der Waals surface area (Å²) in [5.74, 6) is -4.64. The molecular formula is C21H24F3N3O+2. The fraction of sp³-hybridized carbons (Fsp3) is 0.286. The lowest BCUT2D eigenvalue weighted by Crippen LogP contribution is -3.28. The van der Waals surface area contributed by atoms with Crippen molar-refractivity contribution in [3.63, 3.8) is 0 Å². The Morgan fingerprint density at radius 1 is 0.929 bits per heavy atom. The molecule has 3 N–H and O–H groups in total. The van der Waals surface area contributed by atoms with Crippen LogP contribution in [0.4, 0.5) is 18.9 Å². The minimum absolute atomic E-state index is 0.172. The molecule has 0 unspecified atom stereocenters. The molecule has 2 aromatic carbocycles. The molecular weight excluding hydrogens is 367 g/mol. The van der Waals surface area contributed by atoms with Gasteiger partial charge in [0.15, 0.2) is 24.0 Å². The van der Waals surface area contributed by atoms with Gasteiger partial charge in [-0.1, -0.05) is 36.4 Å². The maximum atomic E-state index is 13.6. The number of amides is 1. The summed E-state index contributed by atoms with van der Waals surface area (Å²) in [5.41, 5.74) is 0.839. The third-order valence-corrected chi connectivity index (χ3v) is 4.90. The van der Waals surface area contributed by atoms with Gasteiger partial charge in [-0.2, -0.15) is 0 Å². The van der Waals surface area contributed by atoms with Gasteiger partial charge < -0.3 is 15.1 Å². The zero-order chi connectivity index (χ0) is 19.9. The molecule has 28 heavy (non-hydrogen) atoms. The summed E-state index contributed by atoms with van der Waals surface area (Å²) in [7, 11) is 0. The van der Waals surface area contributed by atoms with Gasteiger partial charge >= 0.3 is 0 Å². The van der Waals surface area contributed by atoms with E-state index in [9.17, 15) is 18.0 Å². The van der Waals surface area contributed by atoms with E-state index < -0.39 is 23.4 Å². The number of hydrogen-bond acceptors (Lipinski definition) is 1. The van der Waals surface area contributed by atoms with Gasteiger partial charge in [0.2, 0.25) is 0 Å². The number of nitrogens with one attached hydrogen (secondary N) is 3. The summed E-state index contributed by atoms with van der Waals surface area (Å²) in [6, 6.07) is 11.9. The fourth-order valence-corrected chi connectivity index (χ4v) is 3.31. The third-order valence-electron chi connectivity index (χ3n) is 4.90. The highest BCUT2D eigenvalue weighted by atomic mass is 19.2. The molecule has 1 amide bonds. The molecule has 0 atom stereocenters. The predicted octanol–water partition coefficient (Wildman–Crippen LogP) is 0.539. The number of carbonyl (C=O) groups excluding carboxylic acids is 1. The van der Waals surface area contributed by atoms with Gasteiger partial charge in [-0.15, -0.1) is 0 Å². The molecule has 0 bridgehead atoms. The van der Waals surface area contributed by atoms with E-state index in [1.165, 1.54) is 10.5 Å². The van der Waals surface area contributed by atoms with Gasteiger partial charge in [0.05, 0.1) is 12.2 Å². The molecule has 0 aliphatic carbocycles. The van der Waals surface area contributed by atoms with Crippen molar-refractivity contribution in [2.45, 2.75) is 0 Å². The summed E-state index contributed by atoms with van der Waals surface area (Å²) in [6.45, 7) is 4.60. The highest BCUT2D eigenvalue weighted by molar-refractivity contribution is 5.91. The summed E-state index contributed by atoms with van der Waals surface area (Å²) in [5, 5.41) is 2.33. The number of hydrogen-bond donors (Lipinski definition) is 3. The smallest absolute Gasteiger partial charge is 0.279 e. The molecule has 1 aliphatic rings. The number of halogens is 3. The first kappa shape index (κ1) is 20.1. The second kappa shape index (κ2) is 9.52. The first-order valence-electron chi connectivity index (χ1n) is 9.35. The molecule has 7 heteroatoms. The molecule has 1 saturated heterocycles. The van der Waals surface area contributed by atoms with Crippen LogP contribution in [0, 0.1) is 17.5 Å². The monoisotopic (exact) mass is 391 g/mol. The van der Waals surface area contributed by atoms with Crippen LogP contribution in [0.25, 0.3) is 6.08 Å². The molecule has 4 nitrogen and oxygen atoms in total. The van der Waals surface area contributed by atoms with Crippen molar-refractivity contribution in [1.29, 1.82) is 0 Å². The standard InChI is InChI=1S/C21H22F3N3O/c22-17-8-9-18(21(24)20(17)23)25-19(28)15-27-13-11-26(12-14-27)10-4-7-16-5-2-1-3-6-16/h1-9H,10-15H2,(H,25,28)/p+2/b7-4+. The van der Waals surface area contributed by atoms with Gasteiger partial charge in [0.25, 0.3) is 5.91 Å². The number of rotatable bonds is 6. The Morgan fingerprint density at radius 2 is 1.61 bits per heavy atom. The normalized spacial score (nSPS) is 19.7. The van der Waals surface area contributed by atoms with Crippen LogP contribution >= 0.6 is 0 Å². The lowest BCUT2D eigenvalue weighted by Gasteiger charge is -2.28. The highest BCUT2D eigenvalue weighted by Gasteiger charge is 2.24. The van der Waals surface area contributed by atoms with Gasteiger partial charge in [0.1, 0.15) is 26.2 Å². The maximum Gasteiger partial charge on any atom is 0.279 e. The molecule has 0 aromatic heterocycles. The van der Waals surface area contributed by atoms with E-state index in [1.54, 1.807) is 0 Å². The zero-order valence-electron chi connectivity index (χ0n) is 15.5. The van der Waals surface area contributed by atoms with Gasteiger partial charge in [-0.05, 0) is 23.8 Å². The highest BCUT2D eigenvalue weighted by Crippen LogP contribution is 2.19. The maximum absolute atomic E-state index is 13.6. The lowest BCUT2D eigenvalue weighted by molar-refractivity contribution is -1.01. The minimum atomic E-state index is -1.58. The summed E-state index contributed by atoms with van der Waals surface area (Å²) < 4.78 is 39.8. The Labute approximate surface area is 162 Å². The Morgan fingerprint density at radius 3 is 2.32 bits per heavy atom. The van der Waals surface area contributed by atoms with Crippen molar-refractivity contribution in [2.75, 3.05) is 44.6 Å². The van der Waals surface area contributed by atoms with Crippen LogP contribution in [0.5, 0.6) is 0 Å². The Bertz CT molecular complexity index is 834. The van der Waals surface area contributed by atoms with Crippen molar-refractivity contribution in [3.05, 3.63) is 71.6 Å². The fourth-order valence-electron chi connectivity index (χ4n) is 3.31. The number of carbonyl (C=O) groups is 1. The molecule has 2 aromatic rings. The first-order chi connectivity index (χ1) is 13.5. The van der Waals surface area contributed by atoms with Crippen molar-refractivity contribution in [2.24, 2.45) is 0 Å². The Kier molecular flexibility index (Phi) is 6.84. The van der Waals surface area contributed by atoms with Crippen LogP contribution in [0.3, 0.4) is 0 Å². The summed E-state index contributed by atoms with van der Waals surface area (Å²) in [4.78, 5) is 14.6. The van der Waals surface area contributed by atoms with E-state index in [0.717, 1.165) is 49.8 Å². The van der Waals surface area contributed by atoms with Crippen LogP contribution in [-0.4, -0.2) is 45.2 Å². The molecule has 1 fully saturated rings. The van der Waals surface area contributed by atoms with Gasteiger partial charge in [-0.3, -0.25) is 4.79 Å². The topological polar surface area (TPSA) is 38.0 Å². The molecule has 1 heterocycles. The SMILES string of the molecule is O=C(C[NH+]1CC[NH+](C/C=C/c2ccccc2)CC1)Nc1ccc(F)c(F)c1F. The molecule has 0 radical (unpaired) electrons. The first-order valence-corrected chi connectivity index (χ1v) is 9.35. The predicted molar refractivity (Wildman–Crippen MR) is 102 cm³/mol. The summed E-state index contributed by atoms with van der Waals surface area (Å²) in [6.07, 6.45) is 4.27. The third kappa shape index (κ3) is 5.43. The van der Waals surface area contributed by atoms with E-state index >= 15 is 0 Å². The largest absolute Gasteiger partial charge is 0.322 e. The van der Waals surface area contributed by atoms with Crippen LogP contribution in [0.2, 0.25) is 0 Å². The van der Waals surface area contributed by atoms with E-state index in [2.05, 4.69) is 29.6 Å². The number of piperazine rings is 1. The van der Waals surface area contributed by atoms with Crippen molar-refractivity contribution < 1.29 is 27.8 Å². The van der Waals surface area contributed by atoms with Gasteiger partial charge in [-0.25, -0.2) is 13.2 Å². The minimum Gasteiger partial charge on any atom is -0.322 e. The average molecular weight is 391 g/mol. The molecule has 148 valence electrons.